The predicted molar refractivity (Wildman–Crippen MR) is 43.4 cm³/mol. The SMILES string of the molecule is CCC(=O)CCCI. The van der Waals surface area contributed by atoms with E-state index in [0.29, 0.717) is 12.2 Å². The maximum absolute atomic E-state index is 10.6. The molecule has 0 rings (SSSR count). The normalized spacial score (nSPS) is 9.25. The molecule has 0 aromatic heterocycles. The summed E-state index contributed by atoms with van der Waals surface area (Å²) in [6.07, 6.45) is 2.53. The molecule has 0 saturated carbocycles. The Morgan fingerprint density at radius 2 is 2.25 bits per heavy atom. The summed E-state index contributed by atoms with van der Waals surface area (Å²) < 4.78 is 1.10. The Morgan fingerprint density at radius 1 is 1.62 bits per heavy atom. The van der Waals surface area contributed by atoms with Gasteiger partial charge in [-0.2, -0.15) is 0 Å². The average Bonchev–Trinajstić information content (AvgIpc) is 1.83. The number of Topliss-reactive ketones (excluding diaryl/α,β-unsaturated/α-hetero) is 1. The third-order valence-corrected chi connectivity index (χ3v) is 1.75. The van der Waals surface area contributed by atoms with Crippen molar-refractivity contribution in [1.82, 2.24) is 0 Å². The molecular weight excluding hydrogens is 215 g/mol. The van der Waals surface area contributed by atoms with Crippen molar-refractivity contribution in [2.45, 2.75) is 26.2 Å². The molecule has 0 aliphatic rings. The molecule has 0 saturated heterocycles. The Balaban J connectivity index is 2.99. The molecule has 0 spiro atoms. The van der Waals surface area contributed by atoms with Gasteiger partial charge in [-0.1, -0.05) is 29.5 Å². The van der Waals surface area contributed by atoms with Gasteiger partial charge in [0, 0.05) is 12.8 Å². The van der Waals surface area contributed by atoms with Crippen LogP contribution in [0.2, 0.25) is 0 Å². The second-order valence-corrected chi connectivity index (χ2v) is 2.76. The van der Waals surface area contributed by atoms with Crippen LogP contribution in [0.1, 0.15) is 26.2 Å². The lowest BCUT2D eigenvalue weighted by Gasteiger charge is -1.90. The van der Waals surface area contributed by atoms with E-state index in [1.54, 1.807) is 0 Å². The van der Waals surface area contributed by atoms with E-state index in [4.69, 9.17) is 0 Å². The lowest BCUT2D eigenvalue weighted by molar-refractivity contribution is -0.118. The molecule has 0 heterocycles. The number of hydrogen-bond donors (Lipinski definition) is 0. The minimum absolute atomic E-state index is 0.390. The first kappa shape index (κ1) is 8.40. The summed E-state index contributed by atoms with van der Waals surface area (Å²) in [7, 11) is 0. The van der Waals surface area contributed by atoms with Gasteiger partial charge in [0.05, 0.1) is 0 Å². The third-order valence-electron chi connectivity index (χ3n) is 0.984. The zero-order chi connectivity index (χ0) is 6.41. The molecule has 0 amide bonds. The highest BCUT2D eigenvalue weighted by molar-refractivity contribution is 14.1. The molecule has 1 nitrogen and oxygen atoms in total. The van der Waals surface area contributed by atoms with Gasteiger partial charge < -0.3 is 0 Å². The van der Waals surface area contributed by atoms with E-state index in [-0.39, 0.29) is 0 Å². The van der Waals surface area contributed by atoms with Gasteiger partial charge in [0.2, 0.25) is 0 Å². The zero-order valence-corrected chi connectivity index (χ0v) is 7.27. The van der Waals surface area contributed by atoms with Crippen LogP contribution < -0.4 is 0 Å². The molecule has 48 valence electrons. The number of ketones is 1. The van der Waals surface area contributed by atoms with Crippen molar-refractivity contribution in [3.8, 4) is 0 Å². The van der Waals surface area contributed by atoms with Crippen LogP contribution in [0.4, 0.5) is 0 Å². The van der Waals surface area contributed by atoms with Crippen LogP contribution in [0.15, 0.2) is 0 Å². The Bertz CT molecular complexity index is 70.9. The second kappa shape index (κ2) is 5.54. The first-order valence-corrected chi connectivity index (χ1v) is 4.41. The van der Waals surface area contributed by atoms with Crippen LogP contribution in [0.5, 0.6) is 0 Å². The molecule has 2 heteroatoms. The molecule has 0 aliphatic heterocycles. The number of carbonyl (C=O) groups is 1. The van der Waals surface area contributed by atoms with Gasteiger partial charge in [-0.3, -0.25) is 4.79 Å². The Labute approximate surface area is 64.0 Å². The van der Waals surface area contributed by atoms with Crippen LogP contribution in [0.3, 0.4) is 0 Å². The van der Waals surface area contributed by atoms with Crippen molar-refractivity contribution < 1.29 is 4.79 Å². The first-order valence-electron chi connectivity index (χ1n) is 2.89. The number of hydrogen-bond acceptors (Lipinski definition) is 1. The van der Waals surface area contributed by atoms with E-state index in [0.717, 1.165) is 17.3 Å². The molecule has 0 unspecified atom stereocenters. The molecule has 0 aromatic rings. The standard InChI is InChI=1S/C6H11IO/c1-2-6(8)4-3-5-7/h2-5H2,1H3. The van der Waals surface area contributed by atoms with Crippen molar-refractivity contribution >= 4 is 28.4 Å². The summed E-state index contributed by atoms with van der Waals surface area (Å²) in [5, 5.41) is 0. The Kier molecular flexibility index (Phi) is 5.81. The van der Waals surface area contributed by atoms with Crippen molar-refractivity contribution in [2.24, 2.45) is 0 Å². The van der Waals surface area contributed by atoms with E-state index < -0.39 is 0 Å². The maximum Gasteiger partial charge on any atom is 0.132 e. The van der Waals surface area contributed by atoms with E-state index in [1.165, 1.54) is 0 Å². The van der Waals surface area contributed by atoms with Crippen LogP contribution in [0.25, 0.3) is 0 Å². The zero-order valence-electron chi connectivity index (χ0n) is 5.11. The Hall–Kier alpha value is 0.400. The van der Waals surface area contributed by atoms with Crippen molar-refractivity contribution in [2.75, 3.05) is 4.43 Å². The molecule has 0 radical (unpaired) electrons. The highest BCUT2D eigenvalue weighted by atomic mass is 127. The van der Waals surface area contributed by atoms with Crippen molar-refractivity contribution in [3.05, 3.63) is 0 Å². The first-order chi connectivity index (χ1) is 3.81. The van der Waals surface area contributed by atoms with Gasteiger partial charge in [0.1, 0.15) is 5.78 Å². The van der Waals surface area contributed by atoms with E-state index in [1.807, 2.05) is 6.92 Å². The monoisotopic (exact) mass is 226 g/mol. The molecule has 0 aliphatic carbocycles. The van der Waals surface area contributed by atoms with Crippen LogP contribution in [-0.2, 0) is 4.79 Å². The molecule has 0 bridgehead atoms. The highest BCUT2D eigenvalue weighted by Gasteiger charge is 1.94. The van der Waals surface area contributed by atoms with Crippen LogP contribution in [-0.4, -0.2) is 10.2 Å². The van der Waals surface area contributed by atoms with Gasteiger partial charge >= 0.3 is 0 Å². The van der Waals surface area contributed by atoms with E-state index in [2.05, 4.69) is 22.6 Å². The number of halogens is 1. The van der Waals surface area contributed by atoms with Gasteiger partial charge in [-0.25, -0.2) is 0 Å². The molecule has 0 fully saturated rings. The van der Waals surface area contributed by atoms with E-state index >= 15 is 0 Å². The molecular formula is C6H11IO. The lowest BCUT2D eigenvalue weighted by Crippen LogP contribution is -1.93. The predicted octanol–water partition coefficient (Wildman–Crippen LogP) is 2.18. The minimum Gasteiger partial charge on any atom is -0.300 e. The topological polar surface area (TPSA) is 17.1 Å². The van der Waals surface area contributed by atoms with Gasteiger partial charge in [-0.15, -0.1) is 0 Å². The molecule has 8 heavy (non-hydrogen) atoms. The maximum atomic E-state index is 10.6. The minimum atomic E-state index is 0.390. The summed E-state index contributed by atoms with van der Waals surface area (Å²) in [5.41, 5.74) is 0. The smallest absolute Gasteiger partial charge is 0.132 e. The largest absolute Gasteiger partial charge is 0.300 e. The summed E-state index contributed by atoms with van der Waals surface area (Å²) in [6.45, 7) is 1.91. The molecule has 0 atom stereocenters. The second-order valence-electron chi connectivity index (χ2n) is 1.68. The summed E-state index contributed by atoms with van der Waals surface area (Å²) in [5.74, 6) is 0.390. The highest BCUT2D eigenvalue weighted by Crippen LogP contribution is 1.97. The summed E-state index contributed by atoms with van der Waals surface area (Å²) >= 11 is 2.28. The average molecular weight is 226 g/mol. The number of carbonyl (C=O) groups excluding carboxylic acids is 1. The number of rotatable bonds is 4. The third kappa shape index (κ3) is 4.56. The lowest BCUT2D eigenvalue weighted by atomic mass is 10.2. The Morgan fingerprint density at radius 3 is 2.62 bits per heavy atom. The van der Waals surface area contributed by atoms with Gasteiger partial charge in [0.15, 0.2) is 0 Å². The fourth-order valence-electron chi connectivity index (χ4n) is 0.441. The van der Waals surface area contributed by atoms with Gasteiger partial charge in [0.25, 0.3) is 0 Å². The van der Waals surface area contributed by atoms with E-state index in [9.17, 15) is 4.79 Å². The van der Waals surface area contributed by atoms with Gasteiger partial charge in [-0.05, 0) is 10.8 Å². The molecule has 0 N–H and O–H groups in total. The van der Waals surface area contributed by atoms with Crippen molar-refractivity contribution in [3.63, 3.8) is 0 Å². The quantitative estimate of drug-likeness (QED) is 0.530. The molecule has 0 aromatic carbocycles. The summed E-state index contributed by atoms with van der Waals surface area (Å²) in [6, 6.07) is 0. The van der Waals surface area contributed by atoms with Crippen LogP contribution in [0, 0.1) is 0 Å². The van der Waals surface area contributed by atoms with Crippen LogP contribution >= 0.6 is 22.6 Å². The number of alkyl halides is 1. The fraction of sp³-hybridized carbons (Fsp3) is 0.833. The van der Waals surface area contributed by atoms with Crippen molar-refractivity contribution in [1.29, 1.82) is 0 Å². The summed E-state index contributed by atoms with van der Waals surface area (Å²) in [4.78, 5) is 10.6. The fourth-order valence-corrected chi connectivity index (χ4v) is 0.822.